The molecule has 0 aliphatic carbocycles. The molecule has 25 heavy (non-hydrogen) atoms. The SMILES string of the molecule is C[C@@H]1CNC[C@](NC2CCN(C)C2=O)(c2ccnc3nccnc23)C1. The molecule has 1 amide bonds. The van der Waals surface area contributed by atoms with E-state index in [1.165, 1.54) is 0 Å². The minimum absolute atomic E-state index is 0.156. The van der Waals surface area contributed by atoms with E-state index in [0.717, 1.165) is 43.6 Å². The molecule has 4 heterocycles. The van der Waals surface area contributed by atoms with E-state index in [9.17, 15) is 4.79 Å². The lowest BCUT2D eigenvalue weighted by Gasteiger charge is -2.43. The zero-order valence-corrected chi connectivity index (χ0v) is 14.7. The molecule has 0 bridgehead atoms. The molecule has 2 aliphatic heterocycles. The number of rotatable bonds is 3. The number of hydrogen-bond donors (Lipinski definition) is 2. The van der Waals surface area contributed by atoms with Crippen molar-refractivity contribution in [1.82, 2.24) is 30.5 Å². The lowest BCUT2D eigenvalue weighted by Crippen LogP contribution is -2.59. The van der Waals surface area contributed by atoms with E-state index in [1.54, 1.807) is 23.5 Å². The number of hydrogen-bond acceptors (Lipinski definition) is 6. The summed E-state index contributed by atoms with van der Waals surface area (Å²) in [5.74, 6) is 0.664. The summed E-state index contributed by atoms with van der Waals surface area (Å²) in [6, 6.07) is 1.87. The van der Waals surface area contributed by atoms with E-state index in [0.29, 0.717) is 11.6 Å². The summed E-state index contributed by atoms with van der Waals surface area (Å²) in [6.45, 7) is 4.78. The van der Waals surface area contributed by atoms with Crippen LogP contribution < -0.4 is 10.6 Å². The van der Waals surface area contributed by atoms with Crippen LogP contribution in [0.25, 0.3) is 11.2 Å². The van der Waals surface area contributed by atoms with Gasteiger partial charge in [0.05, 0.1) is 11.6 Å². The molecule has 3 atom stereocenters. The number of carbonyl (C=O) groups is 1. The van der Waals surface area contributed by atoms with E-state index >= 15 is 0 Å². The van der Waals surface area contributed by atoms with Crippen molar-refractivity contribution < 1.29 is 4.79 Å². The van der Waals surface area contributed by atoms with Crippen LogP contribution in [0.5, 0.6) is 0 Å². The molecule has 0 radical (unpaired) electrons. The third kappa shape index (κ3) is 2.87. The van der Waals surface area contributed by atoms with Gasteiger partial charge in [-0.1, -0.05) is 6.92 Å². The molecule has 2 aliphatic rings. The zero-order valence-electron chi connectivity index (χ0n) is 14.7. The number of aromatic nitrogens is 3. The molecule has 2 aromatic rings. The van der Waals surface area contributed by atoms with E-state index in [1.807, 2.05) is 13.1 Å². The maximum atomic E-state index is 12.5. The van der Waals surface area contributed by atoms with Gasteiger partial charge in [0.15, 0.2) is 5.65 Å². The maximum absolute atomic E-state index is 12.5. The third-order valence-electron chi connectivity index (χ3n) is 5.38. The number of nitrogens with one attached hydrogen (secondary N) is 2. The summed E-state index contributed by atoms with van der Waals surface area (Å²) in [4.78, 5) is 27.5. The average molecular weight is 340 g/mol. The fourth-order valence-corrected chi connectivity index (χ4v) is 4.22. The summed E-state index contributed by atoms with van der Waals surface area (Å²) in [5, 5.41) is 7.23. The number of fused-ring (bicyclic) bond motifs is 1. The van der Waals surface area contributed by atoms with Crippen molar-refractivity contribution in [3.05, 3.63) is 30.2 Å². The van der Waals surface area contributed by atoms with E-state index in [2.05, 4.69) is 32.5 Å². The second-order valence-corrected chi connectivity index (χ2v) is 7.35. The molecule has 4 rings (SSSR count). The van der Waals surface area contributed by atoms with Gasteiger partial charge in [-0.25, -0.2) is 9.97 Å². The Morgan fingerprint density at radius 2 is 2.08 bits per heavy atom. The van der Waals surface area contributed by atoms with Crippen LogP contribution in [0.15, 0.2) is 24.7 Å². The van der Waals surface area contributed by atoms with Crippen LogP contribution in [-0.4, -0.2) is 58.5 Å². The fourth-order valence-electron chi connectivity index (χ4n) is 4.22. The highest BCUT2D eigenvalue weighted by Crippen LogP contribution is 2.35. The Hall–Kier alpha value is -2.12. The Balaban J connectivity index is 1.79. The van der Waals surface area contributed by atoms with Gasteiger partial charge in [0.2, 0.25) is 5.91 Å². The van der Waals surface area contributed by atoms with Crippen molar-refractivity contribution in [2.24, 2.45) is 5.92 Å². The van der Waals surface area contributed by atoms with Crippen molar-refractivity contribution in [2.75, 3.05) is 26.7 Å². The molecule has 0 spiro atoms. The topological polar surface area (TPSA) is 83.0 Å². The van der Waals surface area contributed by atoms with Crippen molar-refractivity contribution in [3.8, 4) is 0 Å². The number of likely N-dealkylation sites (N-methyl/N-ethyl adjacent to an activating group) is 1. The summed E-state index contributed by atoms with van der Waals surface area (Å²) in [6.07, 6.45) is 6.94. The lowest BCUT2D eigenvalue weighted by atomic mass is 9.78. The van der Waals surface area contributed by atoms with Gasteiger partial charge in [-0.3, -0.25) is 15.1 Å². The highest BCUT2D eigenvalue weighted by Gasteiger charge is 2.43. The highest BCUT2D eigenvalue weighted by molar-refractivity contribution is 5.84. The van der Waals surface area contributed by atoms with E-state index in [4.69, 9.17) is 0 Å². The molecule has 0 aromatic carbocycles. The second kappa shape index (κ2) is 6.31. The van der Waals surface area contributed by atoms with Gasteiger partial charge in [0, 0.05) is 44.3 Å². The highest BCUT2D eigenvalue weighted by atomic mass is 16.2. The van der Waals surface area contributed by atoms with Crippen LogP contribution in [0.4, 0.5) is 0 Å². The Morgan fingerprint density at radius 1 is 1.28 bits per heavy atom. The van der Waals surface area contributed by atoms with Gasteiger partial charge in [-0.2, -0.15) is 0 Å². The van der Waals surface area contributed by atoms with Crippen molar-refractivity contribution >= 4 is 17.1 Å². The maximum Gasteiger partial charge on any atom is 0.239 e. The first kappa shape index (κ1) is 16.4. The number of amides is 1. The fraction of sp³-hybridized carbons (Fsp3) is 0.556. The molecule has 2 saturated heterocycles. The summed E-state index contributed by atoms with van der Waals surface area (Å²) >= 11 is 0. The van der Waals surface area contributed by atoms with Gasteiger partial charge >= 0.3 is 0 Å². The Labute approximate surface area is 147 Å². The van der Waals surface area contributed by atoms with Crippen molar-refractivity contribution in [3.63, 3.8) is 0 Å². The first-order valence-corrected chi connectivity index (χ1v) is 8.89. The summed E-state index contributed by atoms with van der Waals surface area (Å²) < 4.78 is 0. The number of pyridine rings is 1. The zero-order chi connectivity index (χ0) is 17.4. The standard InChI is InChI=1S/C18H24N6O/c1-12-9-18(11-19-10-12,23-14-4-8-24(2)17(14)25)13-3-5-21-16-15(13)20-6-7-22-16/h3,5-7,12,14,19,23H,4,8-11H2,1-2H3/t12-,14?,18-/m0/s1. The van der Waals surface area contributed by atoms with Gasteiger partial charge in [-0.15, -0.1) is 0 Å². The Morgan fingerprint density at radius 3 is 2.84 bits per heavy atom. The van der Waals surface area contributed by atoms with Gasteiger partial charge < -0.3 is 10.2 Å². The molecule has 7 nitrogen and oxygen atoms in total. The average Bonchev–Trinajstić information content (AvgIpc) is 2.93. The molecule has 2 N–H and O–H groups in total. The quantitative estimate of drug-likeness (QED) is 0.855. The summed E-state index contributed by atoms with van der Waals surface area (Å²) in [5.41, 5.74) is 2.19. The van der Waals surface area contributed by atoms with Gasteiger partial charge in [0.1, 0.15) is 5.52 Å². The van der Waals surface area contributed by atoms with Crippen molar-refractivity contribution in [2.45, 2.75) is 31.3 Å². The van der Waals surface area contributed by atoms with Gasteiger partial charge in [-0.05, 0) is 31.4 Å². The van der Waals surface area contributed by atoms with Crippen LogP contribution in [0, 0.1) is 5.92 Å². The Kier molecular flexibility index (Phi) is 4.13. The van der Waals surface area contributed by atoms with Crippen LogP contribution >= 0.6 is 0 Å². The number of likely N-dealkylation sites (tertiary alicyclic amines) is 1. The largest absolute Gasteiger partial charge is 0.344 e. The van der Waals surface area contributed by atoms with Crippen molar-refractivity contribution in [1.29, 1.82) is 0 Å². The normalized spacial score (nSPS) is 30.2. The smallest absolute Gasteiger partial charge is 0.239 e. The predicted octanol–water partition coefficient (Wildman–Crippen LogP) is 0.670. The molecule has 2 aromatic heterocycles. The predicted molar refractivity (Wildman–Crippen MR) is 94.8 cm³/mol. The molecular weight excluding hydrogens is 316 g/mol. The summed E-state index contributed by atoms with van der Waals surface area (Å²) in [7, 11) is 1.87. The third-order valence-corrected chi connectivity index (χ3v) is 5.38. The van der Waals surface area contributed by atoms with Crippen LogP contribution in [0.2, 0.25) is 0 Å². The monoisotopic (exact) mass is 340 g/mol. The van der Waals surface area contributed by atoms with E-state index in [-0.39, 0.29) is 17.5 Å². The number of nitrogens with zero attached hydrogens (tertiary/aromatic N) is 4. The molecule has 2 fully saturated rings. The second-order valence-electron chi connectivity index (χ2n) is 7.35. The minimum Gasteiger partial charge on any atom is -0.344 e. The first-order chi connectivity index (χ1) is 12.1. The first-order valence-electron chi connectivity index (χ1n) is 8.89. The molecule has 132 valence electrons. The molecule has 1 unspecified atom stereocenters. The molecule has 0 saturated carbocycles. The van der Waals surface area contributed by atoms with Crippen LogP contribution in [0.1, 0.15) is 25.3 Å². The molecular formula is C18H24N6O. The number of carbonyl (C=O) groups excluding carboxylic acids is 1. The number of piperidine rings is 1. The van der Waals surface area contributed by atoms with Gasteiger partial charge in [0.25, 0.3) is 0 Å². The lowest BCUT2D eigenvalue weighted by molar-refractivity contribution is -0.128. The Bertz CT molecular complexity index is 791. The minimum atomic E-state index is -0.347. The molecule has 7 heteroatoms. The van der Waals surface area contributed by atoms with E-state index < -0.39 is 0 Å². The van der Waals surface area contributed by atoms with Crippen LogP contribution in [-0.2, 0) is 10.3 Å². The van der Waals surface area contributed by atoms with Crippen LogP contribution in [0.3, 0.4) is 0 Å².